The molecule has 6 aromatic rings. The number of furan rings is 1. The summed E-state index contributed by atoms with van der Waals surface area (Å²) in [5.74, 6) is 0. The van der Waals surface area contributed by atoms with Gasteiger partial charge in [-0.3, -0.25) is 0 Å². The lowest BCUT2D eigenvalue weighted by atomic mass is 9.87. The van der Waals surface area contributed by atoms with Crippen LogP contribution in [0.4, 0.5) is 0 Å². The van der Waals surface area contributed by atoms with Crippen molar-refractivity contribution >= 4 is 21.9 Å². The van der Waals surface area contributed by atoms with Crippen LogP contribution in [0.25, 0.3) is 55.3 Å². The molecule has 0 fully saturated rings. The number of hydrogen-bond donors (Lipinski definition) is 0. The molecule has 0 radical (unpaired) electrons. The molecule has 156 valence electrons. The largest absolute Gasteiger partial charge is 0.456 e. The Balaban J connectivity index is 1.49. The quantitative estimate of drug-likeness (QED) is 0.271. The molecule has 0 N–H and O–H groups in total. The molecule has 0 aliphatic heterocycles. The number of benzene rings is 5. The first-order valence-corrected chi connectivity index (χ1v) is 11.5. The molecule has 33 heavy (non-hydrogen) atoms. The van der Waals surface area contributed by atoms with Crippen molar-refractivity contribution in [2.24, 2.45) is 0 Å². The molecule has 1 aliphatic rings. The van der Waals surface area contributed by atoms with Crippen LogP contribution in [0, 0.1) is 6.92 Å². The lowest BCUT2D eigenvalue weighted by Gasteiger charge is -2.16. The molecule has 1 heteroatoms. The average molecular weight is 423 g/mol. The highest BCUT2D eigenvalue weighted by atomic mass is 16.3. The average Bonchev–Trinajstić information content (AvgIpc) is 3.42. The summed E-state index contributed by atoms with van der Waals surface area (Å²) in [6.45, 7) is 2.26. The minimum absolute atomic E-state index is 0.936. The van der Waals surface area contributed by atoms with E-state index in [1.54, 1.807) is 0 Å². The highest BCUT2D eigenvalue weighted by Crippen LogP contribution is 2.45. The fraction of sp³-hybridized carbons (Fsp3) is 0.0625. The van der Waals surface area contributed by atoms with E-state index in [4.69, 9.17) is 4.42 Å². The molecule has 5 aromatic carbocycles. The third-order valence-electron chi connectivity index (χ3n) is 7.14. The smallest absolute Gasteiger partial charge is 0.136 e. The van der Waals surface area contributed by atoms with E-state index in [2.05, 4.69) is 97.9 Å². The summed E-state index contributed by atoms with van der Waals surface area (Å²) in [6.07, 6.45) is 1.01. The number of hydrogen-bond acceptors (Lipinski definition) is 1. The van der Waals surface area contributed by atoms with Crippen molar-refractivity contribution in [1.82, 2.24) is 0 Å². The molecule has 0 atom stereocenters. The first kappa shape index (κ1) is 18.5. The Morgan fingerprint density at radius 1 is 0.515 bits per heavy atom. The van der Waals surface area contributed by atoms with Crippen LogP contribution in [0.5, 0.6) is 0 Å². The second-order valence-corrected chi connectivity index (χ2v) is 8.93. The van der Waals surface area contributed by atoms with Crippen LogP contribution in [0.15, 0.2) is 108 Å². The second-order valence-electron chi connectivity index (χ2n) is 8.93. The van der Waals surface area contributed by atoms with Crippen molar-refractivity contribution in [3.05, 3.63) is 120 Å². The van der Waals surface area contributed by atoms with Gasteiger partial charge in [0.1, 0.15) is 11.2 Å². The number of rotatable bonds is 2. The molecular weight excluding hydrogens is 400 g/mol. The Labute approximate surface area is 192 Å². The summed E-state index contributed by atoms with van der Waals surface area (Å²) in [6, 6.07) is 37.0. The van der Waals surface area contributed by atoms with Gasteiger partial charge in [0.2, 0.25) is 0 Å². The zero-order chi connectivity index (χ0) is 21.9. The van der Waals surface area contributed by atoms with Crippen LogP contribution >= 0.6 is 0 Å². The minimum atomic E-state index is 0.936. The molecule has 0 saturated heterocycles. The van der Waals surface area contributed by atoms with Gasteiger partial charge in [0.05, 0.1) is 0 Å². The van der Waals surface area contributed by atoms with Gasteiger partial charge in [-0.1, -0.05) is 91.0 Å². The van der Waals surface area contributed by atoms with Crippen LogP contribution in [0.2, 0.25) is 0 Å². The Kier molecular flexibility index (Phi) is 3.89. The van der Waals surface area contributed by atoms with Gasteiger partial charge >= 0.3 is 0 Å². The van der Waals surface area contributed by atoms with Gasteiger partial charge in [-0.2, -0.15) is 0 Å². The van der Waals surface area contributed by atoms with E-state index in [0.29, 0.717) is 0 Å². The predicted octanol–water partition coefficient (Wildman–Crippen LogP) is 8.80. The summed E-state index contributed by atoms with van der Waals surface area (Å²) in [5, 5.41) is 2.36. The number of fused-ring (bicyclic) bond motifs is 6. The van der Waals surface area contributed by atoms with E-state index in [1.807, 2.05) is 12.1 Å². The molecule has 1 aliphatic carbocycles. The first-order chi connectivity index (χ1) is 16.3. The highest BCUT2D eigenvalue weighted by molar-refractivity contribution is 6.13. The Morgan fingerprint density at radius 3 is 2.06 bits per heavy atom. The molecular formula is C32H22O. The molecule has 1 aromatic heterocycles. The van der Waals surface area contributed by atoms with Crippen LogP contribution < -0.4 is 0 Å². The SMILES string of the molecule is Cc1c(-c2cccc3c2-c2ccccc2C3)cccc1-c1cccc2oc3ccccc3c12. The standard InChI is InChI=1S/C32H22O/c1-20-23(26-15-6-10-22-19-21-9-2-3-11-25(21)31(22)26)13-7-14-24(20)27-16-8-18-30-32(27)28-12-4-5-17-29(28)33-30/h2-18H,19H2,1H3. The lowest BCUT2D eigenvalue weighted by molar-refractivity contribution is 0.669. The minimum Gasteiger partial charge on any atom is -0.456 e. The van der Waals surface area contributed by atoms with Gasteiger partial charge in [-0.15, -0.1) is 0 Å². The monoisotopic (exact) mass is 422 g/mol. The normalized spacial score (nSPS) is 12.3. The van der Waals surface area contributed by atoms with E-state index in [1.165, 1.54) is 60.8 Å². The van der Waals surface area contributed by atoms with E-state index < -0.39 is 0 Å². The van der Waals surface area contributed by atoms with Crippen molar-refractivity contribution in [2.75, 3.05) is 0 Å². The van der Waals surface area contributed by atoms with Gasteiger partial charge < -0.3 is 4.42 Å². The van der Waals surface area contributed by atoms with Gasteiger partial charge in [-0.25, -0.2) is 0 Å². The summed E-state index contributed by atoms with van der Waals surface area (Å²) in [5.41, 5.74) is 13.9. The fourth-order valence-corrected chi connectivity index (χ4v) is 5.63. The Morgan fingerprint density at radius 2 is 1.12 bits per heavy atom. The van der Waals surface area contributed by atoms with Gasteiger partial charge in [0.25, 0.3) is 0 Å². The van der Waals surface area contributed by atoms with Crippen LogP contribution in [-0.2, 0) is 6.42 Å². The second kappa shape index (κ2) is 6.95. The molecule has 0 amide bonds. The molecule has 0 spiro atoms. The summed E-state index contributed by atoms with van der Waals surface area (Å²) in [7, 11) is 0. The highest BCUT2D eigenvalue weighted by Gasteiger charge is 2.23. The zero-order valence-corrected chi connectivity index (χ0v) is 18.4. The fourth-order valence-electron chi connectivity index (χ4n) is 5.63. The van der Waals surface area contributed by atoms with Crippen LogP contribution in [0.1, 0.15) is 16.7 Å². The van der Waals surface area contributed by atoms with E-state index in [-0.39, 0.29) is 0 Å². The lowest BCUT2D eigenvalue weighted by Crippen LogP contribution is -1.92. The number of para-hydroxylation sites is 1. The Bertz CT molecular complexity index is 1700. The van der Waals surface area contributed by atoms with Gasteiger partial charge in [0, 0.05) is 10.8 Å². The van der Waals surface area contributed by atoms with E-state index in [9.17, 15) is 0 Å². The maximum absolute atomic E-state index is 6.17. The first-order valence-electron chi connectivity index (χ1n) is 11.5. The van der Waals surface area contributed by atoms with Crippen molar-refractivity contribution in [3.8, 4) is 33.4 Å². The molecule has 0 saturated carbocycles. The third kappa shape index (κ3) is 2.66. The third-order valence-corrected chi connectivity index (χ3v) is 7.14. The summed E-state index contributed by atoms with van der Waals surface area (Å²) in [4.78, 5) is 0. The molecule has 1 heterocycles. The molecule has 7 rings (SSSR count). The van der Waals surface area contributed by atoms with Gasteiger partial charge in [-0.05, 0) is 75.5 Å². The molecule has 0 bridgehead atoms. The zero-order valence-electron chi connectivity index (χ0n) is 18.4. The predicted molar refractivity (Wildman–Crippen MR) is 138 cm³/mol. The van der Waals surface area contributed by atoms with Crippen molar-refractivity contribution in [2.45, 2.75) is 13.3 Å². The maximum atomic E-state index is 6.17. The molecule has 1 nitrogen and oxygen atoms in total. The van der Waals surface area contributed by atoms with Crippen LogP contribution in [-0.4, -0.2) is 0 Å². The topological polar surface area (TPSA) is 13.1 Å². The Hall–Kier alpha value is -4.10. The summed E-state index contributed by atoms with van der Waals surface area (Å²) >= 11 is 0. The van der Waals surface area contributed by atoms with Gasteiger partial charge in [0.15, 0.2) is 0 Å². The van der Waals surface area contributed by atoms with Crippen LogP contribution in [0.3, 0.4) is 0 Å². The van der Waals surface area contributed by atoms with Crippen molar-refractivity contribution < 1.29 is 4.42 Å². The van der Waals surface area contributed by atoms with Crippen molar-refractivity contribution in [3.63, 3.8) is 0 Å². The van der Waals surface area contributed by atoms with Crippen molar-refractivity contribution in [1.29, 1.82) is 0 Å². The summed E-state index contributed by atoms with van der Waals surface area (Å²) < 4.78 is 6.17. The van der Waals surface area contributed by atoms with E-state index >= 15 is 0 Å². The molecule has 0 unspecified atom stereocenters. The maximum Gasteiger partial charge on any atom is 0.136 e. The van der Waals surface area contributed by atoms with E-state index in [0.717, 1.165) is 17.6 Å².